The summed E-state index contributed by atoms with van der Waals surface area (Å²) in [6, 6.07) is 15.9. The largest absolute Gasteiger partial charge is 0.495 e. The summed E-state index contributed by atoms with van der Waals surface area (Å²) in [6.07, 6.45) is 1.79. The van der Waals surface area contributed by atoms with Gasteiger partial charge in [-0.1, -0.05) is 11.6 Å². The van der Waals surface area contributed by atoms with Crippen molar-refractivity contribution in [1.82, 2.24) is 20.0 Å². The molecular formula is C21H18ClN5O4S. The lowest BCUT2D eigenvalue weighted by Gasteiger charge is -2.11. The second-order valence-electron chi connectivity index (χ2n) is 6.66. The zero-order valence-electron chi connectivity index (χ0n) is 17.1. The normalized spacial score (nSPS) is 11.2. The summed E-state index contributed by atoms with van der Waals surface area (Å²) in [5, 5.41) is 12.6. The molecule has 0 aliphatic rings. The Morgan fingerprint density at radius 3 is 2.38 bits per heavy atom. The van der Waals surface area contributed by atoms with E-state index in [0.717, 1.165) is 5.69 Å². The number of halogens is 1. The summed E-state index contributed by atoms with van der Waals surface area (Å²) in [6.45, 7) is 1.89. The molecule has 0 saturated carbocycles. The Kier molecular flexibility index (Phi) is 5.97. The van der Waals surface area contributed by atoms with Crippen LogP contribution in [0.1, 0.15) is 5.69 Å². The molecule has 2 heterocycles. The predicted molar refractivity (Wildman–Crippen MR) is 119 cm³/mol. The van der Waals surface area contributed by atoms with Gasteiger partial charge in [0.15, 0.2) is 5.82 Å². The van der Waals surface area contributed by atoms with Crippen LogP contribution in [0.3, 0.4) is 0 Å². The zero-order valence-corrected chi connectivity index (χ0v) is 18.6. The average molecular weight is 472 g/mol. The van der Waals surface area contributed by atoms with E-state index in [2.05, 4.69) is 20.0 Å². The second kappa shape index (κ2) is 8.85. The quantitative estimate of drug-likeness (QED) is 0.429. The molecule has 0 aliphatic carbocycles. The van der Waals surface area contributed by atoms with E-state index in [1.165, 1.54) is 25.3 Å². The molecule has 32 heavy (non-hydrogen) atoms. The van der Waals surface area contributed by atoms with Crippen molar-refractivity contribution >= 4 is 27.3 Å². The molecule has 9 nitrogen and oxygen atoms in total. The van der Waals surface area contributed by atoms with Gasteiger partial charge in [-0.2, -0.15) is 5.10 Å². The van der Waals surface area contributed by atoms with E-state index < -0.39 is 10.0 Å². The van der Waals surface area contributed by atoms with Crippen LogP contribution in [0.15, 0.2) is 71.8 Å². The topological polar surface area (TPSA) is 108 Å². The van der Waals surface area contributed by atoms with Crippen LogP contribution in [0.5, 0.6) is 17.4 Å². The van der Waals surface area contributed by atoms with Crippen molar-refractivity contribution in [2.45, 2.75) is 11.8 Å². The van der Waals surface area contributed by atoms with Gasteiger partial charge in [-0.15, -0.1) is 10.2 Å². The summed E-state index contributed by atoms with van der Waals surface area (Å²) in [7, 11) is -2.37. The number of benzene rings is 2. The van der Waals surface area contributed by atoms with Gasteiger partial charge in [-0.25, -0.2) is 13.1 Å². The highest BCUT2D eigenvalue weighted by molar-refractivity contribution is 7.92. The Hall–Kier alpha value is -3.63. The van der Waals surface area contributed by atoms with Gasteiger partial charge in [0.2, 0.25) is 5.88 Å². The van der Waals surface area contributed by atoms with Gasteiger partial charge >= 0.3 is 0 Å². The Morgan fingerprint density at radius 2 is 1.78 bits per heavy atom. The van der Waals surface area contributed by atoms with Crippen molar-refractivity contribution in [3.8, 4) is 23.2 Å². The number of methoxy groups -OCH3 is 1. The summed E-state index contributed by atoms with van der Waals surface area (Å²) >= 11 is 6.03. The number of aryl methyl sites for hydroxylation is 1. The third-order valence-electron chi connectivity index (χ3n) is 4.35. The first kappa shape index (κ1) is 21.6. The highest BCUT2D eigenvalue weighted by Gasteiger charge is 2.16. The molecule has 0 spiro atoms. The third-order valence-corrected chi connectivity index (χ3v) is 6.02. The maximum atomic E-state index is 12.6. The number of sulfonamides is 1. The summed E-state index contributed by atoms with van der Waals surface area (Å²) in [4.78, 5) is 0.0198. The van der Waals surface area contributed by atoms with E-state index in [0.29, 0.717) is 28.9 Å². The molecule has 2 aromatic carbocycles. The molecule has 0 aliphatic heterocycles. The fourth-order valence-corrected chi connectivity index (χ4v) is 4.18. The molecule has 4 rings (SSSR count). The van der Waals surface area contributed by atoms with Crippen molar-refractivity contribution in [2.75, 3.05) is 11.8 Å². The molecule has 0 unspecified atom stereocenters. The summed E-state index contributed by atoms with van der Waals surface area (Å²) in [5.41, 5.74) is 1.23. The number of nitrogens with one attached hydrogen (secondary N) is 1. The van der Waals surface area contributed by atoms with Gasteiger partial charge in [0.05, 0.1) is 22.7 Å². The van der Waals surface area contributed by atoms with Gasteiger partial charge in [-0.3, -0.25) is 4.72 Å². The van der Waals surface area contributed by atoms with Crippen molar-refractivity contribution in [2.24, 2.45) is 0 Å². The van der Waals surface area contributed by atoms with Gasteiger partial charge < -0.3 is 9.47 Å². The molecule has 1 N–H and O–H groups in total. The number of anilines is 1. The molecule has 4 aromatic rings. The minimum Gasteiger partial charge on any atom is -0.495 e. The standard InChI is InChI=1S/C21H18ClN5O4S/c1-14-11-12-27(25-14)20-9-10-21(24-23-20)31-16-5-3-15(4-6-16)26-32(28,29)17-7-8-19(30-2)18(22)13-17/h3-13,26H,1-2H3. The van der Waals surface area contributed by atoms with E-state index >= 15 is 0 Å². The van der Waals surface area contributed by atoms with Gasteiger partial charge in [0.1, 0.15) is 11.5 Å². The third kappa shape index (κ3) is 4.82. The number of hydrogen-bond donors (Lipinski definition) is 1. The zero-order chi connectivity index (χ0) is 22.7. The first-order valence-electron chi connectivity index (χ1n) is 9.35. The second-order valence-corrected chi connectivity index (χ2v) is 8.75. The van der Waals surface area contributed by atoms with Crippen LogP contribution in [-0.2, 0) is 10.0 Å². The number of hydrogen-bond acceptors (Lipinski definition) is 7. The molecule has 164 valence electrons. The maximum Gasteiger partial charge on any atom is 0.261 e. The van der Waals surface area contributed by atoms with E-state index in [1.54, 1.807) is 47.3 Å². The summed E-state index contributed by atoms with van der Waals surface area (Å²) in [5.74, 6) is 1.72. The van der Waals surface area contributed by atoms with Crippen LogP contribution in [0.2, 0.25) is 5.02 Å². The van der Waals surface area contributed by atoms with Crippen LogP contribution < -0.4 is 14.2 Å². The molecule has 0 amide bonds. The van der Waals surface area contributed by atoms with Gasteiger partial charge in [0, 0.05) is 18.0 Å². The Bertz CT molecular complexity index is 1340. The van der Waals surface area contributed by atoms with Crippen molar-refractivity contribution in [3.05, 3.63) is 77.6 Å². The number of rotatable bonds is 7. The van der Waals surface area contributed by atoms with Crippen molar-refractivity contribution < 1.29 is 17.9 Å². The average Bonchev–Trinajstić information content (AvgIpc) is 3.21. The lowest BCUT2D eigenvalue weighted by molar-refractivity contribution is 0.414. The summed E-state index contributed by atoms with van der Waals surface area (Å²) < 4.78 is 40.1. The molecule has 0 radical (unpaired) electrons. The highest BCUT2D eigenvalue weighted by Crippen LogP contribution is 2.28. The maximum absolute atomic E-state index is 12.6. The lowest BCUT2D eigenvalue weighted by Crippen LogP contribution is -2.12. The number of nitrogens with zero attached hydrogens (tertiary/aromatic N) is 4. The molecule has 0 bridgehead atoms. The van der Waals surface area contributed by atoms with Crippen LogP contribution >= 0.6 is 11.6 Å². The van der Waals surface area contributed by atoms with Crippen LogP contribution in [0, 0.1) is 6.92 Å². The first-order chi connectivity index (χ1) is 15.3. The SMILES string of the molecule is COc1ccc(S(=O)(=O)Nc2ccc(Oc3ccc(-n4ccc(C)n4)nn3)cc2)cc1Cl. The molecule has 0 saturated heterocycles. The van der Waals surface area contributed by atoms with Crippen molar-refractivity contribution in [1.29, 1.82) is 0 Å². The molecular weight excluding hydrogens is 454 g/mol. The van der Waals surface area contributed by atoms with Crippen LogP contribution in [0.4, 0.5) is 5.69 Å². The van der Waals surface area contributed by atoms with E-state index in [-0.39, 0.29) is 9.92 Å². The van der Waals surface area contributed by atoms with Crippen LogP contribution in [0.25, 0.3) is 5.82 Å². The molecule has 0 fully saturated rings. The molecule has 2 aromatic heterocycles. The first-order valence-corrected chi connectivity index (χ1v) is 11.2. The van der Waals surface area contributed by atoms with Crippen molar-refractivity contribution in [3.63, 3.8) is 0 Å². The minimum absolute atomic E-state index is 0.0198. The van der Waals surface area contributed by atoms with Gasteiger partial charge in [0.25, 0.3) is 10.0 Å². The number of ether oxygens (including phenoxy) is 2. The van der Waals surface area contributed by atoms with E-state index in [1.807, 2.05) is 13.0 Å². The van der Waals surface area contributed by atoms with E-state index in [9.17, 15) is 8.42 Å². The monoisotopic (exact) mass is 471 g/mol. The Labute approximate surface area is 189 Å². The fraction of sp³-hybridized carbons (Fsp3) is 0.0952. The fourth-order valence-electron chi connectivity index (χ4n) is 2.77. The Balaban J connectivity index is 1.43. The van der Waals surface area contributed by atoms with Crippen LogP contribution in [-0.4, -0.2) is 35.5 Å². The molecule has 11 heteroatoms. The molecule has 0 atom stereocenters. The lowest BCUT2D eigenvalue weighted by atomic mass is 10.3. The predicted octanol–water partition coefficient (Wildman–Crippen LogP) is 4.23. The number of aromatic nitrogens is 4. The minimum atomic E-state index is -3.82. The smallest absolute Gasteiger partial charge is 0.261 e. The Morgan fingerprint density at radius 1 is 1.00 bits per heavy atom. The highest BCUT2D eigenvalue weighted by atomic mass is 35.5. The van der Waals surface area contributed by atoms with E-state index in [4.69, 9.17) is 21.1 Å². The van der Waals surface area contributed by atoms with Gasteiger partial charge in [-0.05, 0) is 61.5 Å².